The molecule has 3 N–H and O–H groups in total. The van der Waals surface area contributed by atoms with Gasteiger partial charge < -0.3 is 25.8 Å². The van der Waals surface area contributed by atoms with Crippen LogP contribution in [0.3, 0.4) is 0 Å². The van der Waals surface area contributed by atoms with Crippen molar-refractivity contribution in [3.63, 3.8) is 0 Å². The largest absolute Gasteiger partial charge is 0.390 e. The molecule has 9 heteroatoms. The molecule has 48 heavy (non-hydrogen) atoms. The fraction of sp³-hybridized carbons (Fsp3) is 0.410. The molecule has 2 atom stereocenters. The van der Waals surface area contributed by atoms with Crippen LogP contribution in [-0.4, -0.2) is 90.2 Å². The number of likely N-dealkylation sites (N-methyl/N-ethyl adjacent to an activating group) is 1. The first-order valence-corrected chi connectivity index (χ1v) is 17.4. The summed E-state index contributed by atoms with van der Waals surface area (Å²) in [5.41, 5.74) is 7.98. The van der Waals surface area contributed by atoms with Gasteiger partial charge in [0.25, 0.3) is 0 Å². The van der Waals surface area contributed by atoms with Gasteiger partial charge in [0.1, 0.15) is 5.82 Å². The molecule has 3 aromatic rings. The lowest BCUT2D eigenvalue weighted by Crippen LogP contribution is -2.48. The van der Waals surface area contributed by atoms with E-state index in [4.69, 9.17) is 9.97 Å². The molecule has 2 saturated heterocycles. The van der Waals surface area contributed by atoms with Gasteiger partial charge in [-0.3, -0.25) is 4.90 Å². The number of pyridine rings is 1. The van der Waals surface area contributed by atoms with Crippen molar-refractivity contribution in [3.05, 3.63) is 110 Å². The average Bonchev–Trinajstić information content (AvgIpc) is 3.56. The summed E-state index contributed by atoms with van der Waals surface area (Å²) in [5, 5.41) is 10.2. The molecule has 0 aliphatic carbocycles. The number of likely N-dealkylation sites (tertiary alicyclic amines) is 1. The topological polar surface area (TPSA) is 84.5 Å². The monoisotopic (exact) mass is 645 g/mol. The maximum Gasteiger partial charge on any atom is 0.225 e. The SMILES string of the molecule is C=CCCC(Nc1ccc(C2CCN(CC(=C)N3CCN(c4ncc(-c5cnc6c(c5)C(C=C)CN6)cn4)CC3)CC2)cc1)C(=C)NC. The lowest BCUT2D eigenvalue weighted by molar-refractivity contribution is 0.201. The van der Waals surface area contributed by atoms with Crippen molar-refractivity contribution < 1.29 is 0 Å². The molecule has 0 amide bonds. The summed E-state index contributed by atoms with van der Waals surface area (Å²) < 4.78 is 0. The van der Waals surface area contributed by atoms with Gasteiger partial charge in [0.05, 0.1) is 6.04 Å². The lowest BCUT2D eigenvalue weighted by Gasteiger charge is -2.39. The Hall–Kier alpha value is -4.63. The number of hydrogen-bond donors (Lipinski definition) is 3. The maximum atomic E-state index is 4.73. The summed E-state index contributed by atoms with van der Waals surface area (Å²) in [6.07, 6.45) is 13.9. The number of nitrogens with zero attached hydrogens (tertiary/aromatic N) is 6. The molecule has 3 aliphatic rings. The van der Waals surface area contributed by atoms with Crippen molar-refractivity contribution in [3.8, 4) is 11.1 Å². The van der Waals surface area contributed by atoms with Crippen molar-refractivity contribution in [2.45, 2.75) is 43.6 Å². The number of piperidine rings is 1. The third kappa shape index (κ3) is 7.73. The second-order valence-corrected chi connectivity index (χ2v) is 13.2. The highest BCUT2D eigenvalue weighted by molar-refractivity contribution is 5.67. The Morgan fingerprint density at radius 3 is 2.33 bits per heavy atom. The van der Waals surface area contributed by atoms with Gasteiger partial charge in [-0.25, -0.2) is 15.0 Å². The Bertz CT molecular complexity index is 1570. The summed E-state index contributed by atoms with van der Waals surface area (Å²) in [5.74, 6) is 2.61. The van der Waals surface area contributed by atoms with Gasteiger partial charge >= 0.3 is 0 Å². The standard InChI is InChI=1S/C39H51N9/c1-6-8-9-37(29(4)40-5)45-35-12-10-31(11-13-35)32-14-16-46(17-15-32)27-28(3)47-18-20-48(21-19-47)39-43-25-34(26-44-39)33-22-36-30(7-2)23-41-38(36)42-24-33/h6-7,10-13,22,24-26,30,32,37,40,45H,1-4,8-9,14-21,23,27H2,5H3,(H,41,42). The molecular formula is C39H51N9. The van der Waals surface area contributed by atoms with E-state index in [9.17, 15) is 0 Å². The van der Waals surface area contributed by atoms with E-state index < -0.39 is 0 Å². The van der Waals surface area contributed by atoms with Gasteiger partial charge in [-0.1, -0.05) is 37.4 Å². The van der Waals surface area contributed by atoms with Gasteiger partial charge in [-0.2, -0.15) is 0 Å². The zero-order valence-electron chi connectivity index (χ0n) is 28.5. The first-order valence-electron chi connectivity index (χ1n) is 17.4. The highest BCUT2D eigenvalue weighted by Gasteiger charge is 2.25. The van der Waals surface area contributed by atoms with Crippen LogP contribution in [0, 0.1) is 0 Å². The van der Waals surface area contributed by atoms with E-state index in [2.05, 4.69) is 92.3 Å². The van der Waals surface area contributed by atoms with Crippen LogP contribution in [0.4, 0.5) is 17.5 Å². The zero-order chi connectivity index (χ0) is 33.5. The first kappa shape index (κ1) is 33.3. The molecule has 1 aromatic carbocycles. The molecule has 0 saturated carbocycles. The fourth-order valence-electron chi connectivity index (χ4n) is 7.08. The second-order valence-electron chi connectivity index (χ2n) is 13.2. The highest BCUT2D eigenvalue weighted by atomic mass is 15.3. The molecule has 0 spiro atoms. The minimum absolute atomic E-state index is 0.182. The molecular weight excluding hydrogens is 594 g/mol. The Morgan fingerprint density at radius 1 is 0.958 bits per heavy atom. The van der Waals surface area contributed by atoms with Gasteiger partial charge in [0.15, 0.2) is 0 Å². The van der Waals surface area contributed by atoms with Crippen LogP contribution in [0.15, 0.2) is 98.8 Å². The van der Waals surface area contributed by atoms with Crippen molar-refractivity contribution in [2.24, 2.45) is 0 Å². The summed E-state index contributed by atoms with van der Waals surface area (Å²) in [6, 6.07) is 11.4. The van der Waals surface area contributed by atoms with Gasteiger partial charge in [0, 0.05) is 105 Å². The molecule has 252 valence electrons. The Labute approximate surface area is 286 Å². The number of allylic oxidation sites excluding steroid dienone is 1. The van der Waals surface area contributed by atoms with E-state index in [1.165, 1.54) is 29.7 Å². The molecule has 2 aromatic heterocycles. The van der Waals surface area contributed by atoms with Crippen LogP contribution in [0.5, 0.6) is 0 Å². The smallest absolute Gasteiger partial charge is 0.225 e. The van der Waals surface area contributed by atoms with Crippen molar-refractivity contribution in [2.75, 3.05) is 74.9 Å². The van der Waals surface area contributed by atoms with Gasteiger partial charge in [0.2, 0.25) is 5.95 Å². The van der Waals surface area contributed by atoms with E-state index in [-0.39, 0.29) is 12.0 Å². The van der Waals surface area contributed by atoms with Gasteiger partial charge in [-0.15, -0.1) is 13.2 Å². The molecule has 0 radical (unpaired) electrons. The number of anilines is 3. The minimum atomic E-state index is 0.182. The van der Waals surface area contributed by atoms with Crippen LogP contribution in [0.1, 0.15) is 48.6 Å². The van der Waals surface area contributed by atoms with Crippen molar-refractivity contribution in [1.29, 1.82) is 0 Å². The quantitative estimate of drug-likeness (QED) is 0.177. The van der Waals surface area contributed by atoms with Crippen LogP contribution in [0.2, 0.25) is 0 Å². The number of nitrogens with one attached hydrogen (secondary N) is 3. The zero-order valence-corrected chi connectivity index (χ0v) is 28.5. The Kier molecular flexibility index (Phi) is 10.8. The number of aromatic nitrogens is 3. The molecule has 0 bridgehead atoms. The molecule has 6 rings (SSSR count). The predicted molar refractivity (Wildman–Crippen MR) is 200 cm³/mol. The molecule has 3 aliphatic heterocycles. The Morgan fingerprint density at radius 2 is 1.67 bits per heavy atom. The number of fused-ring (bicyclic) bond motifs is 1. The third-order valence-corrected chi connectivity index (χ3v) is 10.2. The molecule has 9 nitrogen and oxygen atoms in total. The number of benzene rings is 1. The number of piperazine rings is 1. The lowest BCUT2D eigenvalue weighted by atomic mass is 9.89. The van der Waals surface area contributed by atoms with Crippen molar-refractivity contribution in [1.82, 2.24) is 30.1 Å². The summed E-state index contributed by atoms with van der Waals surface area (Å²) >= 11 is 0. The van der Waals surface area contributed by atoms with Crippen LogP contribution in [0.25, 0.3) is 11.1 Å². The van der Waals surface area contributed by atoms with E-state index in [1.807, 2.05) is 37.8 Å². The predicted octanol–water partition coefficient (Wildman–Crippen LogP) is 6.23. The average molecular weight is 646 g/mol. The molecule has 2 fully saturated rings. The first-order chi connectivity index (χ1) is 23.4. The fourth-order valence-corrected chi connectivity index (χ4v) is 7.08. The summed E-state index contributed by atoms with van der Waals surface area (Å²) in [6.45, 7) is 24.1. The highest BCUT2D eigenvalue weighted by Crippen LogP contribution is 2.34. The second kappa shape index (κ2) is 15.5. The van der Waals surface area contributed by atoms with E-state index in [1.54, 1.807) is 0 Å². The van der Waals surface area contributed by atoms with Gasteiger partial charge in [-0.05, 0) is 68.5 Å². The third-order valence-electron chi connectivity index (χ3n) is 10.2. The van der Waals surface area contributed by atoms with E-state index in [0.29, 0.717) is 5.92 Å². The van der Waals surface area contributed by atoms with Crippen LogP contribution in [-0.2, 0) is 0 Å². The minimum Gasteiger partial charge on any atom is -0.390 e. The Balaban J connectivity index is 0.939. The number of hydrogen-bond acceptors (Lipinski definition) is 9. The summed E-state index contributed by atoms with van der Waals surface area (Å²) in [7, 11) is 1.93. The van der Waals surface area contributed by atoms with E-state index in [0.717, 1.165) is 99.5 Å². The number of rotatable bonds is 14. The van der Waals surface area contributed by atoms with Crippen LogP contribution < -0.4 is 20.9 Å². The van der Waals surface area contributed by atoms with Crippen molar-refractivity contribution >= 4 is 17.5 Å². The maximum absolute atomic E-state index is 4.73. The molecule has 5 heterocycles. The van der Waals surface area contributed by atoms with Crippen LogP contribution >= 0.6 is 0 Å². The van der Waals surface area contributed by atoms with E-state index >= 15 is 0 Å². The summed E-state index contributed by atoms with van der Waals surface area (Å²) in [4.78, 5) is 21.4. The molecule has 2 unspecified atom stereocenters. The normalized spacial score (nSPS) is 18.8.